The van der Waals surface area contributed by atoms with Gasteiger partial charge in [-0.2, -0.15) is 5.26 Å². The van der Waals surface area contributed by atoms with Crippen LogP contribution in [0.3, 0.4) is 0 Å². The second-order valence-electron chi connectivity index (χ2n) is 4.75. The van der Waals surface area contributed by atoms with Gasteiger partial charge in [0.1, 0.15) is 0 Å². The maximum Gasteiger partial charge on any atom is 0.251 e. The minimum absolute atomic E-state index is 0.123. The van der Waals surface area contributed by atoms with Crippen molar-refractivity contribution in [3.05, 3.63) is 65.2 Å². The van der Waals surface area contributed by atoms with E-state index in [4.69, 9.17) is 5.26 Å². The summed E-state index contributed by atoms with van der Waals surface area (Å²) in [7, 11) is 0. The van der Waals surface area contributed by atoms with Gasteiger partial charge < -0.3 is 10.6 Å². The van der Waals surface area contributed by atoms with Gasteiger partial charge in [-0.1, -0.05) is 12.1 Å². The maximum absolute atomic E-state index is 12.0. The zero-order valence-electron chi connectivity index (χ0n) is 12.1. The van der Waals surface area contributed by atoms with Crippen molar-refractivity contribution in [1.82, 2.24) is 5.32 Å². The van der Waals surface area contributed by atoms with Gasteiger partial charge >= 0.3 is 0 Å². The van der Waals surface area contributed by atoms with Crippen molar-refractivity contribution in [2.75, 3.05) is 5.32 Å². The van der Waals surface area contributed by atoms with Crippen molar-refractivity contribution in [2.24, 2.45) is 0 Å². The molecule has 5 heteroatoms. The van der Waals surface area contributed by atoms with Crippen molar-refractivity contribution >= 4 is 17.5 Å². The molecule has 2 N–H and O–H groups in total. The van der Waals surface area contributed by atoms with Crippen LogP contribution in [0.15, 0.2) is 48.5 Å². The monoisotopic (exact) mass is 293 g/mol. The Labute approximate surface area is 128 Å². The van der Waals surface area contributed by atoms with Crippen molar-refractivity contribution in [3.8, 4) is 6.07 Å². The first-order valence-electron chi connectivity index (χ1n) is 6.73. The molecule has 0 heterocycles. The van der Waals surface area contributed by atoms with Gasteiger partial charge in [0.05, 0.1) is 11.6 Å². The number of nitriles is 1. The summed E-state index contributed by atoms with van der Waals surface area (Å²) in [6.45, 7) is 1.84. The first kappa shape index (κ1) is 15.3. The highest BCUT2D eigenvalue weighted by Gasteiger charge is 2.05. The molecule has 0 aliphatic heterocycles. The SMILES string of the molecule is CC(=O)Nc1ccc(CNC(=O)c2ccc(C#N)cc2)cc1. The molecule has 0 aliphatic carbocycles. The lowest BCUT2D eigenvalue weighted by Crippen LogP contribution is -2.22. The first-order chi connectivity index (χ1) is 10.6. The molecule has 0 unspecified atom stereocenters. The van der Waals surface area contributed by atoms with E-state index in [1.807, 2.05) is 18.2 Å². The summed E-state index contributed by atoms with van der Waals surface area (Å²) in [5, 5.41) is 14.2. The topological polar surface area (TPSA) is 82.0 Å². The molecular weight excluding hydrogens is 278 g/mol. The molecule has 2 aromatic rings. The number of nitrogens with one attached hydrogen (secondary N) is 2. The Kier molecular flexibility index (Phi) is 4.89. The zero-order valence-corrected chi connectivity index (χ0v) is 12.1. The van der Waals surface area contributed by atoms with E-state index in [2.05, 4.69) is 10.6 Å². The van der Waals surface area contributed by atoms with Crippen molar-refractivity contribution < 1.29 is 9.59 Å². The molecule has 22 heavy (non-hydrogen) atoms. The summed E-state index contributed by atoms with van der Waals surface area (Å²) < 4.78 is 0. The molecule has 0 spiro atoms. The van der Waals surface area contributed by atoms with Crippen LogP contribution in [0.4, 0.5) is 5.69 Å². The van der Waals surface area contributed by atoms with E-state index in [-0.39, 0.29) is 11.8 Å². The molecule has 110 valence electrons. The number of carbonyl (C=O) groups is 2. The minimum atomic E-state index is -0.199. The molecule has 0 saturated heterocycles. The van der Waals surface area contributed by atoms with Crippen LogP contribution in [-0.4, -0.2) is 11.8 Å². The highest BCUT2D eigenvalue weighted by molar-refractivity contribution is 5.94. The Hall–Kier alpha value is -3.13. The number of amides is 2. The number of hydrogen-bond donors (Lipinski definition) is 2. The molecule has 2 amide bonds. The normalized spacial score (nSPS) is 9.64. The molecule has 0 atom stereocenters. The van der Waals surface area contributed by atoms with Crippen LogP contribution in [0.2, 0.25) is 0 Å². The lowest BCUT2D eigenvalue weighted by molar-refractivity contribution is -0.114. The van der Waals surface area contributed by atoms with Gasteiger partial charge in [0.25, 0.3) is 5.91 Å². The lowest BCUT2D eigenvalue weighted by atomic mass is 10.1. The fourth-order valence-corrected chi connectivity index (χ4v) is 1.89. The second kappa shape index (κ2) is 7.04. The van der Waals surface area contributed by atoms with E-state index < -0.39 is 0 Å². The third kappa shape index (κ3) is 4.18. The Morgan fingerprint density at radius 3 is 2.23 bits per heavy atom. The molecule has 5 nitrogen and oxygen atoms in total. The Morgan fingerprint density at radius 2 is 1.68 bits per heavy atom. The highest BCUT2D eigenvalue weighted by atomic mass is 16.2. The van der Waals surface area contributed by atoms with E-state index in [0.717, 1.165) is 11.3 Å². The largest absolute Gasteiger partial charge is 0.348 e. The van der Waals surface area contributed by atoms with Gasteiger partial charge in [0.2, 0.25) is 5.91 Å². The molecule has 0 fully saturated rings. The summed E-state index contributed by atoms with van der Waals surface area (Å²) in [6.07, 6.45) is 0. The van der Waals surface area contributed by atoms with E-state index in [9.17, 15) is 9.59 Å². The molecule has 2 aromatic carbocycles. The Morgan fingerprint density at radius 1 is 1.05 bits per heavy atom. The minimum Gasteiger partial charge on any atom is -0.348 e. The fourth-order valence-electron chi connectivity index (χ4n) is 1.89. The van der Waals surface area contributed by atoms with Gasteiger partial charge in [-0.15, -0.1) is 0 Å². The lowest BCUT2D eigenvalue weighted by Gasteiger charge is -2.07. The maximum atomic E-state index is 12.0. The van der Waals surface area contributed by atoms with Crippen LogP contribution in [0, 0.1) is 11.3 Å². The van der Waals surface area contributed by atoms with Gasteiger partial charge in [0.15, 0.2) is 0 Å². The summed E-state index contributed by atoms with van der Waals surface area (Å²) >= 11 is 0. The quantitative estimate of drug-likeness (QED) is 0.908. The fraction of sp³-hybridized carbons (Fsp3) is 0.118. The van der Waals surface area contributed by atoms with Crippen LogP contribution in [0.1, 0.15) is 28.4 Å². The smallest absolute Gasteiger partial charge is 0.251 e. The van der Waals surface area contributed by atoms with Crippen molar-refractivity contribution in [2.45, 2.75) is 13.5 Å². The summed E-state index contributed by atoms with van der Waals surface area (Å²) in [4.78, 5) is 22.9. The summed E-state index contributed by atoms with van der Waals surface area (Å²) in [5.74, 6) is -0.322. The predicted octanol–water partition coefficient (Wildman–Crippen LogP) is 2.45. The molecular formula is C17H15N3O2. The average Bonchev–Trinajstić information content (AvgIpc) is 2.53. The first-order valence-corrected chi connectivity index (χ1v) is 6.73. The number of carbonyl (C=O) groups excluding carboxylic acids is 2. The number of hydrogen-bond acceptors (Lipinski definition) is 3. The molecule has 0 aromatic heterocycles. The van der Waals surface area contributed by atoms with Gasteiger partial charge in [-0.3, -0.25) is 9.59 Å². The van der Waals surface area contributed by atoms with E-state index >= 15 is 0 Å². The van der Waals surface area contributed by atoms with Crippen LogP contribution in [0.5, 0.6) is 0 Å². The van der Waals surface area contributed by atoms with Crippen molar-refractivity contribution in [1.29, 1.82) is 5.26 Å². The standard InChI is InChI=1S/C17H15N3O2/c1-12(21)20-16-8-4-14(5-9-16)11-19-17(22)15-6-2-13(10-18)3-7-15/h2-9H,11H2,1H3,(H,19,22)(H,20,21). The number of rotatable bonds is 4. The third-order valence-electron chi connectivity index (χ3n) is 3.00. The number of anilines is 1. The summed E-state index contributed by atoms with van der Waals surface area (Å²) in [5.41, 5.74) is 2.67. The van der Waals surface area contributed by atoms with Crippen LogP contribution in [0.25, 0.3) is 0 Å². The third-order valence-corrected chi connectivity index (χ3v) is 3.00. The van der Waals surface area contributed by atoms with E-state index in [1.54, 1.807) is 36.4 Å². The molecule has 0 bridgehead atoms. The molecule has 0 saturated carbocycles. The van der Waals surface area contributed by atoms with E-state index in [1.165, 1.54) is 6.92 Å². The highest BCUT2D eigenvalue weighted by Crippen LogP contribution is 2.10. The Balaban J connectivity index is 1.93. The molecule has 0 aliphatic rings. The van der Waals surface area contributed by atoms with Crippen LogP contribution < -0.4 is 10.6 Å². The van der Waals surface area contributed by atoms with Gasteiger partial charge in [-0.05, 0) is 42.0 Å². The van der Waals surface area contributed by atoms with E-state index in [0.29, 0.717) is 17.7 Å². The Bertz CT molecular complexity index is 713. The van der Waals surface area contributed by atoms with Gasteiger partial charge in [0, 0.05) is 24.7 Å². The number of benzene rings is 2. The van der Waals surface area contributed by atoms with Crippen LogP contribution in [-0.2, 0) is 11.3 Å². The predicted molar refractivity (Wildman–Crippen MR) is 83.1 cm³/mol. The van der Waals surface area contributed by atoms with Crippen LogP contribution >= 0.6 is 0 Å². The zero-order chi connectivity index (χ0) is 15.9. The van der Waals surface area contributed by atoms with Gasteiger partial charge in [-0.25, -0.2) is 0 Å². The molecule has 0 radical (unpaired) electrons. The number of nitrogens with zero attached hydrogens (tertiary/aromatic N) is 1. The second-order valence-corrected chi connectivity index (χ2v) is 4.75. The van der Waals surface area contributed by atoms with Crippen molar-refractivity contribution in [3.63, 3.8) is 0 Å². The average molecular weight is 293 g/mol. The summed E-state index contributed by atoms with van der Waals surface area (Å²) in [6, 6.07) is 15.7. The molecule has 2 rings (SSSR count).